The summed E-state index contributed by atoms with van der Waals surface area (Å²) in [7, 11) is 0. The Morgan fingerprint density at radius 3 is 2.52 bits per heavy atom. The molecule has 2 aromatic heterocycles. The minimum atomic E-state index is 0.338. The molecule has 25 heavy (non-hydrogen) atoms. The Morgan fingerprint density at radius 1 is 1.00 bits per heavy atom. The van der Waals surface area contributed by atoms with Gasteiger partial charge in [0, 0.05) is 54.4 Å². The topological polar surface area (TPSA) is 50.7 Å². The fraction of sp³-hybridized carbons (Fsp3) is 0.286. The number of aryl methyl sites for hydroxylation is 2. The van der Waals surface area contributed by atoms with Gasteiger partial charge in [-0.3, -0.25) is 4.98 Å². The van der Waals surface area contributed by atoms with Gasteiger partial charge in [-0.2, -0.15) is 0 Å². The summed E-state index contributed by atoms with van der Waals surface area (Å²) >= 11 is 0. The number of rotatable bonds is 6. The molecule has 0 saturated heterocycles. The molecule has 128 valence electrons. The molecule has 0 spiro atoms. The van der Waals surface area contributed by atoms with E-state index in [1.54, 1.807) is 0 Å². The van der Waals surface area contributed by atoms with Crippen molar-refractivity contribution in [3.05, 3.63) is 77.4 Å². The highest BCUT2D eigenvalue weighted by atomic mass is 14.9. The van der Waals surface area contributed by atoms with Gasteiger partial charge < -0.3 is 5.32 Å². The molecule has 0 saturated carbocycles. The van der Waals surface area contributed by atoms with Gasteiger partial charge in [0.1, 0.15) is 0 Å². The van der Waals surface area contributed by atoms with Gasteiger partial charge in [0.05, 0.1) is 0 Å². The van der Waals surface area contributed by atoms with Crippen LogP contribution in [-0.4, -0.2) is 21.0 Å². The van der Waals surface area contributed by atoms with Crippen molar-refractivity contribution in [1.29, 1.82) is 0 Å². The maximum absolute atomic E-state index is 4.50. The van der Waals surface area contributed by atoms with E-state index in [0.717, 1.165) is 35.6 Å². The minimum Gasteiger partial charge on any atom is -0.310 e. The largest absolute Gasteiger partial charge is 0.310 e. The van der Waals surface area contributed by atoms with Gasteiger partial charge in [0.2, 0.25) is 0 Å². The zero-order valence-electron chi connectivity index (χ0n) is 15.0. The monoisotopic (exact) mass is 332 g/mol. The van der Waals surface area contributed by atoms with E-state index >= 15 is 0 Å². The van der Waals surface area contributed by atoms with E-state index in [1.165, 1.54) is 11.1 Å². The minimum absolute atomic E-state index is 0.338. The lowest BCUT2D eigenvalue weighted by Crippen LogP contribution is -2.28. The predicted octanol–water partition coefficient (Wildman–Crippen LogP) is 3.88. The molecule has 1 N–H and O–H groups in total. The van der Waals surface area contributed by atoms with Crippen molar-refractivity contribution in [3.8, 4) is 11.4 Å². The standard InChI is InChI=1S/C21H24N4/c1-15-6-4-8-19(10-15)21-24-13-18(14-25-21)12-23-17(3)11-20-16(2)7-5-9-22-20/h4-10,13-14,17,23H,11-12H2,1-3H3/t17-/m0/s1. The summed E-state index contributed by atoms with van der Waals surface area (Å²) in [5, 5.41) is 3.52. The molecule has 1 atom stereocenters. The van der Waals surface area contributed by atoms with E-state index < -0.39 is 0 Å². The van der Waals surface area contributed by atoms with E-state index in [0.29, 0.717) is 6.04 Å². The molecule has 0 fully saturated rings. The van der Waals surface area contributed by atoms with Crippen LogP contribution in [0.25, 0.3) is 11.4 Å². The van der Waals surface area contributed by atoms with Gasteiger partial charge in [-0.25, -0.2) is 9.97 Å². The van der Waals surface area contributed by atoms with Gasteiger partial charge >= 0.3 is 0 Å². The van der Waals surface area contributed by atoms with Crippen molar-refractivity contribution < 1.29 is 0 Å². The normalized spacial score (nSPS) is 12.1. The van der Waals surface area contributed by atoms with Gasteiger partial charge in [-0.15, -0.1) is 0 Å². The number of nitrogens with one attached hydrogen (secondary N) is 1. The summed E-state index contributed by atoms with van der Waals surface area (Å²) < 4.78 is 0. The summed E-state index contributed by atoms with van der Waals surface area (Å²) in [6.07, 6.45) is 6.56. The molecular formula is C21H24N4. The maximum atomic E-state index is 4.50. The Kier molecular flexibility index (Phi) is 5.51. The van der Waals surface area contributed by atoms with Crippen LogP contribution >= 0.6 is 0 Å². The molecule has 0 bridgehead atoms. The molecule has 0 radical (unpaired) electrons. The molecule has 1 aromatic carbocycles. The first kappa shape index (κ1) is 17.2. The van der Waals surface area contributed by atoms with E-state index in [2.05, 4.69) is 59.2 Å². The molecule has 3 rings (SSSR count). The average Bonchev–Trinajstić information content (AvgIpc) is 2.62. The Hall–Kier alpha value is -2.59. The highest BCUT2D eigenvalue weighted by Gasteiger charge is 2.07. The third-order valence-electron chi connectivity index (χ3n) is 4.25. The second-order valence-electron chi connectivity index (χ2n) is 6.54. The van der Waals surface area contributed by atoms with Gasteiger partial charge in [0.25, 0.3) is 0 Å². The molecule has 3 aromatic rings. The first-order valence-electron chi connectivity index (χ1n) is 8.63. The molecule has 0 unspecified atom stereocenters. The molecular weight excluding hydrogens is 308 g/mol. The van der Waals surface area contributed by atoms with E-state index in [9.17, 15) is 0 Å². The van der Waals surface area contributed by atoms with Crippen LogP contribution in [0.3, 0.4) is 0 Å². The third kappa shape index (κ3) is 4.70. The van der Waals surface area contributed by atoms with Crippen LogP contribution in [0.1, 0.15) is 29.3 Å². The third-order valence-corrected chi connectivity index (χ3v) is 4.25. The van der Waals surface area contributed by atoms with Crippen molar-refractivity contribution in [2.75, 3.05) is 0 Å². The molecule has 4 nitrogen and oxygen atoms in total. The Labute approximate surface area is 149 Å². The number of aromatic nitrogens is 3. The quantitative estimate of drug-likeness (QED) is 0.744. The van der Waals surface area contributed by atoms with Crippen molar-refractivity contribution in [2.45, 2.75) is 39.8 Å². The van der Waals surface area contributed by atoms with Crippen LogP contribution in [-0.2, 0) is 13.0 Å². The summed E-state index contributed by atoms with van der Waals surface area (Å²) in [5.74, 6) is 0.768. The first-order chi connectivity index (χ1) is 12.1. The highest BCUT2D eigenvalue weighted by Crippen LogP contribution is 2.15. The summed E-state index contributed by atoms with van der Waals surface area (Å²) in [6, 6.07) is 12.7. The summed E-state index contributed by atoms with van der Waals surface area (Å²) in [5.41, 5.74) is 5.74. The Balaban J connectivity index is 1.57. The lowest BCUT2D eigenvalue weighted by molar-refractivity contribution is 0.538. The Bertz CT molecular complexity index is 827. The fourth-order valence-electron chi connectivity index (χ4n) is 2.77. The van der Waals surface area contributed by atoms with Crippen LogP contribution in [0, 0.1) is 13.8 Å². The zero-order valence-corrected chi connectivity index (χ0v) is 15.0. The van der Waals surface area contributed by atoms with Gasteiger partial charge in [-0.05, 0) is 38.5 Å². The van der Waals surface area contributed by atoms with Crippen LogP contribution in [0.2, 0.25) is 0 Å². The van der Waals surface area contributed by atoms with Crippen LogP contribution in [0.15, 0.2) is 55.0 Å². The zero-order chi connectivity index (χ0) is 17.6. The maximum Gasteiger partial charge on any atom is 0.159 e. The molecule has 2 heterocycles. The molecule has 0 aliphatic heterocycles. The lowest BCUT2D eigenvalue weighted by atomic mass is 10.1. The second kappa shape index (κ2) is 7.99. The van der Waals surface area contributed by atoms with Crippen molar-refractivity contribution in [2.24, 2.45) is 0 Å². The number of benzene rings is 1. The number of hydrogen-bond donors (Lipinski definition) is 1. The molecule has 0 aliphatic rings. The van der Waals surface area contributed by atoms with E-state index in [-0.39, 0.29) is 0 Å². The van der Waals surface area contributed by atoms with Crippen molar-refractivity contribution in [1.82, 2.24) is 20.3 Å². The van der Waals surface area contributed by atoms with Crippen LogP contribution in [0.5, 0.6) is 0 Å². The number of pyridine rings is 1. The molecule has 0 amide bonds. The van der Waals surface area contributed by atoms with E-state index in [4.69, 9.17) is 0 Å². The van der Waals surface area contributed by atoms with Crippen molar-refractivity contribution in [3.63, 3.8) is 0 Å². The predicted molar refractivity (Wildman–Crippen MR) is 101 cm³/mol. The SMILES string of the molecule is Cc1cccc(-c2ncc(CN[C@@H](C)Cc3ncccc3C)cn2)c1. The molecule has 4 heteroatoms. The average molecular weight is 332 g/mol. The van der Waals surface area contributed by atoms with Crippen LogP contribution < -0.4 is 5.32 Å². The van der Waals surface area contributed by atoms with Crippen LogP contribution in [0.4, 0.5) is 0 Å². The smallest absolute Gasteiger partial charge is 0.159 e. The lowest BCUT2D eigenvalue weighted by Gasteiger charge is -2.14. The second-order valence-corrected chi connectivity index (χ2v) is 6.54. The van der Waals surface area contributed by atoms with Gasteiger partial charge in [-0.1, -0.05) is 29.8 Å². The number of hydrogen-bond acceptors (Lipinski definition) is 4. The Morgan fingerprint density at radius 2 is 1.80 bits per heavy atom. The first-order valence-corrected chi connectivity index (χ1v) is 8.63. The highest BCUT2D eigenvalue weighted by molar-refractivity contribution is 5.55. The van der Waals surface area contributed by atoms with Gasteiger partial charge in [0.15, 0.2) is 5.82 Å². The summed E-state index contributed by atoms with van der Waals surface area (Å²) in [4.78, 5) is 13.5. The van der Waals surface area contributed by atoms with E-state index in [1.807, 2.05) is 36.8 Å². The fourth-order valence-corrected chi connectivity index (χ4v) is 2.77. The van der Waals surface area contributed by atoms with Crippen molar-refractivity contribution >= 4 is 0 Å². The summed E-state index contributed by atoms with van der Waals surface area (Å²) in [6.45, 7) is 7.11. The number of nitrogens with zero attached hydrogens (tertiary/aromatic N) is 3. The molecule has 0 aliphatic carbocycles.